The maximum Gasteiger partial charge on any atom is 0.241 e. The fourth-order valence-corrected chi connectivity index (χ4v) is 3.33. The highest BCUT2D eigenvalue weighted by molar-refractivity contribution is 5.81. The summed E-state index contributed by atoms with van der Waals surface area (Å²) in [7, 11) is 0. The largest absolute Gasteiger partial charge is 0.486 e. The van der Waals surface area contributed by atoms with Crippen molar-refractivity contribution in [3.63, 3.8) is 0 Å². The molecule has 2 fully saturated rings. The summed E-state index contributed by atoms with van der Waals surface area (Å²) in [6.07, 6.45) is 1.48. The van der Waals surface area contributed by atoms with Crippen LogP contribution in [0.3, 0.4) is 0 Å². The molecule has 3 heterocycles. The van der Waals surface area contributed by atoms with E-state index in [9.17, 15) is 4.79 Å². The summed E-state index contributed by atoms with van der Waals surface area (Å²) in [5.74, 6) is 1.10. The smallest absolute Gasteiger partial charge is 0.241 e. The predicted molar refractivity (Wildman–Crippen MR) is 86.4 cm³/mol. The van der Waals surface area contributed by atoms with Gasteiger partial charge in [-0.05, 0) is 12.1 Å². The molecule has 2 saturated heterocycles. The molecule has 1 N–H and O–H groups in total. The number of likely N-dealkylation sites (tertiary alicyclic amines) is 1. The summed E-state index contributed by atoms with van der Waals surface area (Å²) in [6, 6.07) is 5.63. The number of hydrogen-bond donors (Lipinski definition) is 1. The second-order valence-corrected chi connectivity index (χ2v) is 6.20. The average Bonchev–Trinajstić information content (AvgIpc) is 3.08. The number of piperidine rings is 1. The van der Waals surface area contributed by atoms with Gasteiger partial charge in [-0.2, -0.15) is 0 Å². The first-order chi connectivity index (χ1) is 11.7. The molecule has 0 radical (unpaired) electrons. The van der Waals surface area contributed by atoms with Crippen molar-refractivity contribution in [3.8, 4) is 11.5 Å². The quantitative estimate of drug-likeness (QED) is 0.897. The van der Waals surface area contributed by atoms with Gasteiger partial charge < -0.3 is 29.2 Å². The molecule has 1 spiro atoms. The van der Waals surface area contributed by atoms with E-state index in [-0.39, 0.29) is 12.5 Å². The van der Waals surface area contributed by atoms with Crippen molar-refractivity contribution in [2.75, 3.05) is 51.4 Å². The first kappa shape index (κ1) is 15.5. The fourth-order valence-electron chi connectivity index (χ4n) is 3.33. The number of carbonyl (C=O) groups excluding carboxylic acids is 1. The molecule has 0 unspecified atom stereocenters. The van der Waals surface area contributed by atoms with E-state index in [1.54, 1.807) is 0 Å². The van der Waals surface area contributed by atoms with E-state index < -0.39 is 5.79 Å². The first-order valence-electron chi connectivity index (χ1n) is 8.43. The summed E-state index contributed by atoms with van der Waals surface area (Å²) in [4.78, 5) is 14.3. The first-order valence-corrected chi connectivity index (χ1v) is 8.43. The molecular formula is C17H22N2O5. The van der Waals surface area contributed by atoms with Gasteiger partial charge in [-0.1, -0.05) is 0 Å². The van der Waals surface area contributed by atoms with Gasteiger partial charge in [0.05, 0.1) is 19.8 Å². The lowest BCUT2D eigenvalue weighted by Crippen LogP contribution is -2.48. The highest BCUT2D eigenvalue weighted by atomic mass is 16.7. The molecule has 3 aliphatic heterocycles. The van der Waals surface area contributed by atoms with Crippen molar-refractivity contribution in [2.45, 2.75) is 18.6 Å². The number of anilines is 1. The van der Waals surface area contributed by atoms with Gasteiger partial charge in [-0.3, -0.25) is 4.79 Å². The number of fused-ring (bicyclic) bond motifs is 1. The SMILES string of the molecule is O=C(CNc1ccc2c(c1)OCCO2)N1CCC2(CC1)OCCO2. The number of nitrogens with zero attached hydrogens (tertiary/aromatic N) is 1. The molecule has 0 aromatic heterocycles. The minimum Gasteiger partial charge on any atom is -0.486 e. The Kier molecular flexibility index (Phi) is 4.20. The van der Waals surface area contributed by atoms with Gasteiger partial charge in [0, 0.05) is 37.7 Å². The molecule has 0 bridgehead atoms. The maximum atomic E-state index is 12.4. The minimum atomic E-state index is -0.444. The van der Waals surface area contributed by atoms with E-state index in [4.69, 9.17) is 18.9 Å². The number of ether oxygens (including phenoxy) is 4. The third-order valence-corrected chi connectivity index (χ3v) is 4.68. The van der Waals surface area contributed by atoms with Crippen LogP contribution in [-0.4, -0.2) is 62.7 Å². The number of hydrogen-bond acceptors (Lipinski definition) is 6. The Morgan fingerprint density at radius 1 is 1.04 bits per heavy atom. The Bertz CT molecular complexity index is 605. The molecule has 1 amide bonds. The van der Waals surface area contributed by atoms with Crippen LogP contribution in [0.25, 0.3) is 0 Å². The zero-order valence-electron chi connectivity index (χ0n) is 13.6. The predicted octanol–water partition coefficient (Wildman–Crippen LogP) is 1.24. The molecule has 7 nitrogen and oxygen atoms in total. The summed E-state index contributed by atoms with van der Waals surface area (Å²) >= 11 is 0. The number of benzene rings is 1. The van der Waals surface area contributed by atoms with Crippen molar-refractivity contribution in [1.29, 1.82) is 0 Å². The zero-order valence-corrected chi connectivity index (χ0v) is 13.6. The van der Waals surface area contributed by atoms with E-state index in [1.165, 1.54) is 0 Å². The highest BCUT2D eigenvalue weighted by Crippen LogP contribution is 2.33. The highest BCUT2D eigenvalue weighted by Gasteiger charge is 2.40. The van der Waals surface area contributed by atoms with Gasteiger partial charge in [-0.25, -0.2) is 0 Å². The lowest BCUT2D eigenvalue weighted by atomic mass is 10.0. The lowest BCUT2D eigenvalue weighted by Gasteiger charge is -2.37. The molecule has 7 heteroatoms. The van der Waals surface area contributed by atoms with Gasteiger partial charge in [0.2, 0.25) is 5.91 Å². The topological polar surface area (TPSA) is 69.3 Å². The Morgan fingerprint density at radius 3 is 2.50 bits per heavy atom. The van der Waals surface area contributed by atoms with Gasteiger partial charge in [0.25, 0.3) is 0 Å². The van der Waals surface area contributed by atoms with Gasteiger partial charge in [-0.15, -0.1) is 0 Å². The number of rotatable bonds is 3. The monoisotopic (exact) mass is 334 g/mol. The minimum absolute atomic E-state index is 0.0812. The van der Waals surface area contributed by atoms with Crippen LogP contribution in [0.2, 0.25) is 0 Å². The molecule has 4 rings (SSSR count). The van der Waals surface area contributed by atoms with Crippen LogP contribution in [0.1, 0.15) is 12.8 Å². The molecular weight excluding hydrogens is 312 g/mol. The van der Waals surface area contributed by atoms with Gasteiger partial charge in [0.15, 0.2) is 17.3 Å². The Labute approximate surface area is 140 Å². The van der Waals surface area contributed by atoms with Crippen molar-refractivity contribution < 1.29 is 23.7 Å². The average molecular weight is 334 g/mol. The van der Waals surface area contributed by atoms with Crippen LogP contribution in [0.4, 0.5) is 5.69 Å². The molecule has 0 saturated carbocycles. The fraction of sp³-hybridized carbons (Fsp3) is 0.588. The second-order valence-electron chi connectivity index (χ2n) is 6.20. The van der Waals surface area contributed by atoms with E-state index in [1.807, 2.05) is 23.1 Å². The number of nitrogens with one attached hydrogen (secondary N) is 1. The van der Waals surface area contributed by atoms with Crippen LogP contribution in [0.5, 0.6) is 11.5 Å². The van der Waals surface area contributed by atoms with Crippen LogP contribution in [-0.2, 0) is 14.3 Å². The Hall–Kier alpha value is -1.99. The Balaban J connectivity index is 1.29. The van der Waals surface area contributed by atoms with E-state index in [2.05, 4.69) is 5.32 Å². The molecule has 3 aliphatic rings. The van der Waals surface area contributed by atoms with Crippen LogP contribution >= 0.6 is 0 Å². The van der Waals surface area contributed by atoms with Crippen LogP contribution < -0.4 is 14.8 Å². The van der Waals surface area contributed by atoms with E-state index in [0.29, 0.717) is 45.3 Å². The molecule has 0 atom stereocenters. The maximum absolute atomic E-state index is 12.4. The van der Waals surface area contributed by atoms with E-state index >= 15 is 0 Å². The van der Waals surface area contributed by atoms with Crippen molar-refractivity contribution in [2.24, 2.45) is 0 Å². The number of carbonyl (C=O) groups is 1. The van der Waals surface area contributed by atoms with Crippen molar-refractivity contribution in [1.82, 2.24) is 4.90 Å². The number of amides is 1. The van der Waals surface area contributed by atoms with Crippen LogP contribution in [0.15, 0.2) is 18.2 Å². The van der Waals surface area contributed by atoms with E-state index in [0.717, 1.165) is 24.3 Å². The lowest BCUT2D eigenvalue weighted by molar-refractivity contribution is -0.187. The summed E-state index contributed by atoms with van der Waals surface area (Å²) in [5.41, 5.74) is 0.850. The Morgan fingerprint density at radius 2 is 1.75 bits per heavy atom. The molecule has 24 heavy (non-hydrogen) atoms. The second kappa shape index (κ2) is 6.49. The molecule has 1 aromatic rings. The van der Waals surface area contributed by atoms with Crippen molar-refractivity contribution >= 4 is 11.6 Å². The summed E-state index contributed by atoms with van der Waals surface area (Å²) in [5, 5.41) is 3.16. The zero-order chi connectivity index (χ0) is 16.4. The summed E-state index contributed by atoms with van der Waals surface area (Å²) < 4.78 is 22.4. The standard InChI is InChI=1S/C17H22N2O5/c20-16(19-5-3-17(4-6-19)23-9-10-24-17)12-18-13-1-2-14-15(11-13)22-8-7-21-14/h1-2,11,18H,3-10,12H2. The van der Waals surface area contributed by atoms with Gasteiger partial charge in [0.1, 0.15) is 13.2 Å². The summed E-state index contributed by atoms with van der Waals surface area (Å²) in [6.45, 7) is 4.02. The molecule has 0 aliphatic carbocycles. The van der Waals surface area contributed by atoms with Crippen LogP contribution in [0, 0.1) is 0 Å². The third kappa shape index (κ3) is 3.14. The molecule has 130 valence electrons. The van der Waals surface area contributed by atoms with Crippen molar-refractivity contribution in [3.05, 3.63) is 18.2 Å². The molecule has 1 aromatic carbocycles. The third-order valence-electron chi connectivity index (χ3n) is 4.68. The van der Waals surface area contributed by atoms with Gasteiger partial charge >= 0.3 is 0 Å². The normalized spacial score (nSPS) is 21.8.